The van der Waals surface area contributed by atoms with Gasteiger partial charge in [0, 0.05) is 0 Å². The van der Waals surface area contributed by atoms with Crippen molar-refractivity contribution in [1.82, 2.24) is 9.97 Å². The van der Waals surface area contributed by atoms with E-state index < -0.39 is 18.2 Å². The molecule has 1 amide bonds. The Labute approximate surface area is 123 Å². The van der Waals surface area contributed by atoms with Gasteiger partial charge in [0.15, 0.2) is 0 Å². The van der Waals surface area contributed by atoms with Crippen molar-refractivity contribution in [2.45, 2.75) is 45.3 Å². The number of nitrogens with zero attached hydrogens (tertiary/aromatic N) is 1. The number of H-pyrrole nitrogens is 1. The van der Waals surface area contributed by atoms with Crippen molar-refractivity contribution in [3.05, 3.63) is 29.6 Å². The van der Waals surface area contributed by atoms with Gasteiger partial charge in [-0.1, -0.05) is 26.8 Å². The molecule has 6 nitrogen and oxygen atoms in total. The first kappa shape index (κ1) is 15.3. The number of carbonyl (C=O) groups is 1. The fraction of sp³-hybridized carbons (Fsp3) is 0.467. The Morgan fingerprint density at radius 1 is 1.38 bits per heavy atom. The molecule has 21 heavy (non-hydrogen) atoms. The van der Waals surface area contributed by atoms with E-state index in [9.17, 15) is 4.79 Å². The topological polar surface area (TPSA) is 107 Å². The number of ether oxygens (including phenoxy) is 1. The van der Waals surface area contributed by atoms with E-state index in [1.165, 1.54) is 5.56 Å². The van der Waals surface area contributed by atoms with Gasteiger partial charge in [0.05, 0.1) is 11.0 Å². The SMILES string of the molecule is C[C@@H](OC(N)=O)[C@H](N)c1nc2cc(C(C)(C)C)ccc2[nH]1. The van der Waals surface area contributed by atoms with E-state index in [1.54, 1.807) is 6.92 Å². The molecule has 0 bridgehead atoms. The van der Waals surface area contributed by atoms with Crippen LogP contribution in [0.1, 0.15) is 45.1 Å². The van der Waals surface area contributed by atoms with Gasteiger partial charge in [-0.2, -0.15) is 0 Å². The van der Waals surface area contributed by atoms with Crippen molar-refractivity contribution in [2.24, 2.45) is 11.5 Å². The van der Waals surface area contributed by atoms with Gasteiger partial charge in [-0.25, -0.2) is 9.78 Å². The molecule has 0 unspecified atom stereocenters. The molecule has 0 radical (unpaired) electrons. The molecule has 0 aliphatic carbocycles. The number of amides is 1. The van der Waals surface area contributed by atoms with Crippen molar-refractivity contribution in [2.75, 3.05) is 0 Å². The highest BCUT2D eigenvalue weighted by atomic mass is 16.6. The van der Waals surface area contributed by atoms with E-state index >= 15 is 0 Å². The highest BCUT2D eigenvalue weighted by molar-refractivity contribution is 5.76. The fourth-order valence-corrected chi connectivity index (χ4v) is 2.13. The second-order valence-corrected chi connectivity index (χ2v) is 6.27. The molecular formula is C15H22N4O2. The van der Waals surface area contributed by atoms with Crippen LogP contribution in [0.25, 0.3) is 11.0 Å². The van der Waals surface area contributed by atoms with Crippen molar-refractivity contribution in [3.63, 3.8) is 0 Å². The lowest BCUT2D eigenvalue weighted by atomic mass is 9.87. The van der Waals surface area contributed by atoms with Crippen molar-refractivity contribution < 1.29 is 9.53 Å². The number of aromatic amines is 1. The third-order valence-electron chi connectivity index (χ3n) is 3.49. The zero-order valence-corrected chi connectivity index (χ0v) is 12.8. The summed E-state index contributed by atoms with van der Waals surface area (Å²) in [6.45, 7) is 8.13. The summed E-state index contributed by atoms with van der Waals surface area (Å²) in [5.74, 6) is 0.574. The van der Waals surface area contributed by atoms with Crippen molar-refractivity contribution in [1.29, 1.82) is 0 Å². The number of imidazole rings is 1. The number of aromatic nitrogens is 2. The Kier molecular flexibility index (Phi) is 3.91. The van der Waals surface area contributed by atoms with Gasteiger partial charge in [-0.3, -0.25) is 0 Å². The van der Waals surface area contributed by atoms with Gasteiger partial charge in [0.2, 0.25) is 0 Å². The Balaban J connectivity index is 2.32. The smallest absolute Gasteiger partial charge is 0.404 e. The number of benzene rings is 1. The summed E-state index contributed by atoms with van der Waals surface area (Å²) >= 11 is 0. The van der Waals surface area contributed by atoms with Gasteiger partial charge in [-0.05, 0) is 30.0 Å². The zero-order chi connectivity index (χ0) is 15.8. The van der Waals surface area contributed by atoms with Crippen LogP contribution in [0.5, 0.6) is 0 Å². The van der Waals surface area contributed by atoms with Crippen molar-refractivity contribution >= 4 is 17.1 Å². The normalized spacial score (nSPS) is 14.9. The summed E-state index contributed by atoms with van der Waals surface area (Å²) < 4.78 is 4.89. The molecule has 1 aromatic heterocycles. The number of nitrogens with one attached hydrogen (secondary N) is 1. The molecule has 1 heterocycles. The summed E-state index contributed by atoms with van der Waals surface area (Å²) in [5, 5.41) is 0. The minimum Gasteiger partial charge on any atom is -0.445 e. The maximum absolute atomic E-state index is 10.8. The molecule has 1 aromatic carbocycles. The minimum absolute atomic E-state index is 0.0534. The second kappa shape index (κ2) is 5.37. The molecule has 0 saturated carbocycles. The van der Waals surface area contributed by atoms with Crippen LogP contribution in [0, 0.1) is 0 Å². The van der Waals surface area contributed by atoms with E-state index in [4.69, 9.17) is 16.2 Å². The first-order valence-electron chi connectivity index (χ1n) is 6.90. The van der Waals surface area contributed by atoms with E-state index in [2.05, 4.69) is 36.8 Å². The lowest BCUT2D eigenvalue weighted by Crippen LogP contribution is -2.31. The molecule has 0 saturated heterocycles. The van der Waals surface area contributed by atoms with Gasteiger partial charge in [-0.15, -0.1) is 0 Å². The van der Waals surface area contributed by atoms with Crippen LogP contribution in [-0.2, 0) is 10.2 Å². The van der Waals surface area contributed by atoms with Crippen LogP contribution in [-0.4, -0.2) is 22.2 Å². The summed E-state index contributed by atoms with van der Waals surface area (Å²) in [5.41, 5.74) is 14.1. The van der Waals surface area contributed by atoms with Crippen LogP contribution in [0.15, 0.2) is 18.2 Å². The van der Waals surface area contributed by atoms with E-state index in [1.807, 2.05) is 12.1 Å². The number of primary amides is 1. The quantitative estimate of drug-likeness (QED) is 0.806. The molecule has 0 aliphatic rings. The largest absolute Gasteiger partial charge is 0.445 e. The molecule has 2 atom stereocenters. The van der Waals surface area contributed by atoms with Gasteiger partial charge in [0.1, 0.15) is 18.0 Å². The predicted molar refractivity (Wildman–Crippen MR) is 81.9 cm³/mol. The maximum atomic E-state index is 10.8. The zero-order valence-electron chi connectivity index (χ0n) is 12.8. The lowest BCUT2D eigenvalue weighted by Gasteiger charge is -2.18. The Morgan fingerprint density at radius 3 is 2.62 bits per heavy atom. The monoisotopic (exact) mass is 290 g/mol. The van der Waals surface area contributed by atoms with Crippen LogP contribution in [0.4, 0.5) is 4.79 Å². The van der Waals surface area contributed by atoms with Gasteiger partial charge >= 0.3 is 6.09 Å². The molecule has 0 fully saturated rings. The first-order chi connectivity index (χ1) is 9.68. The predicted octanol–water partition coefficient (Wildman–Crippen LogP) is 2.34. The first-order valence-corrected chi connectivity index (χ1v) is 6.90. The Hall–Kier alpha value is -2.08. The molecule has 2 rings (SSSR count). The maximum Gasteiger partial charge on any atom is 0.404 e. The molecule has 0 spiro atoms. The summed E-state index contributed by atoms with van der Waals surface area (Å²) in [7, 11) is 0. The fourth-order valence-electron chi connectivity index (χ4n) is 2.13. The molecule has 6 heteroatoms. The number of hydrogen-bond acceptors (Lipinski definition) is 4. The Morgan fingerprint density at radius 2 is 2.05 bits per heavy atom. The average Bonchev–Trinajstić information content (AvgIpc) is 2.78. The number of carbonyl (C=O) groups excluding carboxylic acids is 1. The molecule has 5 N–H and O–H groups in total. The third-order valence-corrected chi connectivity index (χ3v) is 3.49. The Bertz CT molecular complexity index is 657. The molecule has 114 valence electrons. The molecule has 0 aliphatic heterocycles. The van der Waals surface area contributed by atoms with E-state index in [-0.39, 0.29) is 5.41 Å². The van der Waals surface area contributed by atoms with Gasteiger partial charge in [0.25, 0.3) is 0 Å². The van der Waals surface area contributed by atoms with E-state index in [0.717, 1.165) is 11.0 Å². The van der Waals surface area contributed by atoms with Crippen LogP contribution in [0.3, 0.4) is 0 Å². The van der Waals surface area contributed by atoms with Crippen LogP contribution < -0.4 is 11.5 Å². The third kappa shape index (κ3) is 3.33. The highest BCUT2D eigenvalue weighted by Gasteiger charge is 2.22. The van der Waals surface area contributed by atoms with Gasteiger partial charge < -0.3 is 21.2 Å². The van der Waals surface area contributed by atoms with Crippen molar-refractivity contribution in [3.8, 4) is 0 Å². The molecular weight excluding hydrogens is 268 g/mol. The number of rotatable bonds is 3. The summed E-state index contributed by atoms with van der Waals surface area (Å²) in [4.78, 5) is 18.4. The highest BCUT2D eigenvalue weighted by Crippen LogP contribution is 2.26. The van der Waals surface area contributed by atoms with Crippen LogP contribution in [0.2, 0.25) is 0 Å². The van der Waals surface area contributed by atoms with Crippen LogP contribution >= 0.6 is 0 Å². The molecule has 2 aromatic rings. The summed E-state index contributed by atoms with van der Waals surface area (Å²) in [6.07, 6.45) is -1.39. The lowest BCUT2D eigenvalue weighted by molar-refractivity contribution is 0.0996. The number of nitrogens with two attached hydrogens (primary N) is 2. The number of hydrogen-bond donors (Lipinski definition) is 3. The number of fused-ring (bicyclic) bond motifs is 1. The van der Waals surface area contributed by atoms with E-state index in [0.29, 0.717) is 5.82 Å². The minimum atomic E-state index is -0.843. The second-order valence-electron chi connectivity index (χ2n) is 6.27. The average molecular weight is 290 g/mol. The standard InChI is InChI=1S/C15H22N4O2/c1-8(21-14(17)20)12(16)13-18-10-6-5-9(15(2,3)4)7-11(10)19-13/h5-8,12H,16H2,1-4H3,(H2,17,20)(H,18,19)/t8-,12+/m1/s1. The summed E-state index contributed by atoms with van der Waals surface area (Å²) in [6, 6.07) is 5.54.